The fraction of sp³-hybridized carbons (Fsp3) is 1.00. The molecule has 0 aromatic heterocycles. The van der Waals surface area contributed by atoms with Gasteiger partial charge in [0.15, 0.2) is 0 Å². The number of nitrogens with zero attached hydrogens (tertiary/aromatic N) is 2. The number of piperidine rings is 1. The average Bonchev–Trinajstić information content (AvgIpc) is 2.30. The van der Waals surface area contributed by atoms with Crippen LogP contribution in [0.1, 0.15) is 27.2 Å². The maximum atomic E-state index is 5.78. The highest BCUT2D eigenvalue weighted by molar-refractivity contribution is 4.78. The summed E-state index contributed by atoms with van der Waals surface area (Å²) in [5.41, 5.74) is 5.78. The molecule has 0 aromatic rings. The highest BCUT2D eigenvalue weighted by Gasteiger charge is 2.24. The van der Waals surface area contributed by atoms with Crippen LogP contribution in [0, 0.1) is 11.8 Å². The van der Waals surface area contributed by atoms with Crippen LogP contribution in [0.2, 0.25) is 0 Å². The largest absolute Gasteiger partial charge is 0.330 e. The zero-order valence-electron chi connectivity index (χ0n) is 11.3. The fourth-order valence-corrected chi connectivity index (χ4v) is 2.66. The molecule has 1 fully saturated rings. The van der Waals surface area contributed by atoms with Gasteiger partial charge < -0.3 is 15.5 Å². The third-order valence-corrected chi connectivity index (χ3v) is 4.10. The standard InChI is InChI=1S/C13H29N3/c1-4-15(5-2)8-9-16-7-6-13(10-14)12(3)11-16/h12-13H,4-11,14H2,1-3H3. The molecule has 2 N–H and O–H groups in total. The lowest BCUT2D eigenvalue weighted by atomic mass is 9.87. The molecule has 3 heteroatoms. The predicted octanol–water partition coefficient (Wildman–Crippen LogP) is 1.24. The molecule has 0 radical (unpaired) electrons. The van der Waals surface area contributed by atoms with Crippen molar-refractivity contribution in [3.8, 4) is 0 Å². The normalized spacial score (nSPS) is 27.6. The van der Waals surface area contributed by atoms with Gasteiger partial charge in [-0.2, -0.15) is 0 Å². The van der Waals surface area contributed by atoms with Crippen LogP contribution in [0.3, 0.4) is 0 Å². The van der Waals surface area contributed by atoms with Crippen LogP contribution in [0.25, 0.3) is 0 Å². The zero-order chi connectivity index (χ0) is 12.0. The number of likely N-dealkylation sites (tertiary alicyclic amines) is 1. The Morgan fingerprint density at radius 3 is 2.50 bits per heavy atom. The minimum Gasteiger partial charge on any atom is -0.330 e. The lowest BCUT2D eigenvalue weighted by Crippen LogP contribution is -2.44. The number of hydrogen-bond acceptors (Lipinski definition) is 3. The summed E-state index contributed by atoms with van der Waals surface area (Å²) in [6, 6.07) is 0. The average molecular weight is 227 g/mol. The second-order valence-electron chi connectivity index (χ2n) is 5.09. The molecule has 96 valence electrons. The molecular weight excluding hydrogens is 198 g/mol. The summed E-state index contributed by atoms with van der Waals surface area (Å²) >= 11 is 0. The number of nitrogens with two attached hydrogens (primary N) is 1. The van der Waals surface area contributed by atoms with Gasteiger partial charge >= 0.3 is 0 Å². The zero-order valence-corrected chi connectivity index (χ0v) is 11.3. The molecule has 2 atom stereocenters. The van der Waals surface area contributed by atoms with E-state index in [0.29, 0.717) is 0 Å². The SMILES string of the molecule is CCN(CC)CCN1CCC(CN)C(C)C1. The van der Waals surface area contributed by atoms with Crippen molar-refractivity contribution in [3.63, 3.8) is 0 Å². The first-order valence-corrected chi connectivity index (χ1v) is 6.86. The van der Waals surface area contributed by atoms with Crippen LogP contribution in [0.4, 0.5) is 0 Å². The van der Waals surface area contributed by atoms with Gasteiger partial charge in [-0.15, -0.1) is 0 Å². The Kier molecular flexibility index (Phi) is 6.32. The molecule has 2 unspecified atom stereocenters. The molecule has 16 heavy (non-hydrogen) atoms. The molecule has 1 heterocycles. The quantitative estimate of drug-likeness (QED) is 0.741. The molecule has 0 saturated carbocycles. The van der Waals surface area contributed by atoms with Crippen molar-refractivity contribution in [1.29, 1.82) is 0 Å². The second-order valence-corrected chi connectivity index (χ2v) is 5.09. The lowest BCUT2D eigenvalue weighted by Gasteiger charge is -2.37. The van der Waals surface area contributed by atoms with E-state index in [4.69, 9.17) is 5.73 Å². The van der Waals surface area contributed by atoms with Crippen molar-refractivity contribution in [2.45, 2.75) is 27.2 Å². The first kappa shape index (κ1) is 13.9. The third-order valence-electron chi connectivity index (χ3n) is 4.10. The Morgan fingerprint density at radius 2 is 2.00 bits per heavy atom. The Hall–Kier alpha value is -0.120. The van der Waals surface area contributed by atoms with E-state index in [1.165, 1.54) is 45.7 Å². The fourth-order valence-electron chi connectivity index (χ4n) is 2.66. The van der Waals surface area contributed by atoms with E-state index in [9.17, 15) is 0 Å². The van der Waals surface area contributed by atoms with Crippen molar-refractivity contribution in [2.24, 2.45) is 17.6 Å². The van der Waals surface area contributed by atoms with E-state index >= 15 is 0 Å². The van der Waals surface area contributed by atoms with E-state index in [-0.39, 0.29) is 0 Å². The maximum Gasteiger partial charge on any atom is 0.0109 e. The van der Waals surface area contributed by atoms with E-state index in [1.807, 2.05) is 0 Å². The summed E-state index contributed by atoms with van der Waals surface area (Å²) in [6.45, 7) is 15.0. The molecule has 3 nitrogen and oxygen atoms in total. The van der Waals surface area contributed by atoms with Gasteiger partial charge in [0, 0.05) is 19.6 Å². The van der Waals surface area contributed by atoms with Crippen molar-refractivity contribution in [1.82, 2.24) is 9.80 Å². The summed E-state index contributed by atoms with van der Waals surface area (Å²) < 4.78 is 0. The topological polar surface area (TPSA) is 32.5 Å². The summed E-state index contributed by atoms with van der Waals surface area (Å²) in [4.78, 5) is 5.11. The van der Waals surface area contributed by atoms with Crippen molar-refractivity contribution in [3.05, 3.63) is 0 Å². The lowest BCUT2D eigenvalue weighted by molar-refractivity contribution is 0.119. The summed E-state index contributed by atoms with van der Waals surface area (Å²) in [5, 5.41) is 0. The first-order valence-electron chi connectivity index (χ1n) is 6.86. The minimum absolute atomic E-state index is 0.754. The highest BCUT2D eigenvalue weighted by atomic mass is 15.2. The van der Waals surface area contributed by atoms with Crippen LogP contribution in [-0.2, 0) is 0 Å². The Bertz CT molecular complexity index is 180. The Morgan fingerprint density at radius 1 is 1.31 bits per heavy atom. The van der Waals surface area contributed by atoms with Crippen molar-refractivity contribution < 1.29 is 0 Å². The van der Waals surface area contributed by atoms with Gasteiger partial charge in [-0.1, -0.05) is 20.8 Å². The molecule has 0 aliphatic carbocycles. The van der Waals surface area contributed by atoms with Gasteiger partial charge in [-0.25, -0.2) is 0 Å². The third kappa shape index (κ3) is 4.04. The van der Waals surface area contributed by atoms with Crippen LogP contribution in [0.15, 0.2) is 0 Å². The number of rotatable bonds is 6. The number of likely N-dealkylation sites (N-methyl/N-ethyl adjacent to an activating group) is 1. The highest BCUT2D eigenvalue weighted by Crippen LogP contribution is 2.21. The van der Waals surface area contributed by atoms with Gasteiger partial charge in [0.1, 0.15) is 0 Å². The number of hydrogen-bond donors (Lipinski definition) is 1. The molecule has 1 rings (SSSR count). The van der Waals surface area contributed by atoms with Gasteiger partial charge in [0.25, 0.3) is 0 Å². The molecule has 0 spiro atoms. The van der Waals surface area contributed by atoms with Crippen LogP contribution in [-0.4, -0.2) is 55.6 Å². The van der Waals surface area contributed by atoms with Crippen LogP contribution < -0.4 is 5.73 Å². The van der Waals surface area contributed by atoms with Crippen molar-refractivity contribution in [2.75, 3.05) is 45.8 Å². The van der Waals surface area contributed by atoms with Crippen molar-refractivity contribution >= 4 is 0 Å². The van der Waals surface area contributed by atoms with Gasteiger partial charge in [-0.3, -0.25) is 0 Å². The van der Waals surface area contributed by atoms with Gasteiger partial charge in [0.2, 0.25) is 0 Å². The van der Waals surface area contributed by atoms with Gasteiger partial charge in [0.05, 0.1) is 0 Å². The first-order chi connectivity index (χ1) is 7.71. The summed E-state index contributed by atoms with van der Waals surface area (Å²) in [7, 11) is 0. The second kappa shape index (κ2) is 7.25. The van der Waals surface area contributed by atoms with E-state index in [0.717, 1.165) is 18.4 Å². The summed E-state index contributed by atoms with van der Waals surface area (Å²) in [5.74, 6) is 1.53. The van der Waals surface area contributed by atoms with Crippen LogP contribution >= 0.6 is 0 Å². The Balaban J connectivity index is 2.24. The van der Waals surface area contributed by atoms with E-state index in [1.54, 1.807) is 0 Å². The predicted molar refractivity (Wildman–Crippen MR) is 70.6 cm³/mol. The maximum absolute atomic E-state index is 5.78. The Labute approximate surface area is 101 Å². The molecule has 1 aliphatic heterocycles. The van der Waals surface area contributed by atoms with Gasteiger partial charge in [-0.05, 0) is 44.4 Å². The van der Waals surface area contributed by atoms with E-state index < -0.39 is 0 Å². The summed E-state index contributed by atoms with van der Waals surface area (Å²) in [6.07, 6.45) is 1.29. The minimum atomic E-state index is 0.754. The molecule has 1 saturated heterocycles. The molecule has 0 aromatic carbocycles. The molecule has 1 aliphatic rings. The smallest absolute Gasteiger partial charge is 0.0109 e. The van der Waals surface area contributed by atoms with E-state index in [2.05, 4.69) is 30.6 Å². The molecule has 0 amide bonds. The molecular formula is C13H29N3. The van der Waals surface area contributed by atoms with Crippen LogP contribution in [0.5, 0.6) is 0 Å². The molecule has 0 bridgehead atoms. The monoisotopic (exact) mass is 227 g/mol.